The van der Waals surface area contributed by atoms with Gasteiger partial charge in [-0.3, -0.25) is 9.69 Å². The fourth-order valence-corrected chi connectivity index (χ4v) is 4.62. The number of allylic oxidation sites excluding steroid dienone is 3. The third kappa shape index (κ3) is 4.65. The number of nitrogens with zero attached hydrogens (tertiary/aromatic N) is 2. The largest absolute Gasteiger partial charge is 0.378 e. The second kappa shape index (κ2) is 9.27. The maximum atomic E-state index is 13.8. The summed E-state index contributed by atoms with van der Waals surface area (Å²) < 4.78 is 5.45. The molecule has 0 bridgehead atoms. The molecule has 0 radical (unpaired) electrons. The average Bonchev–Trinajstić information content (AvgIpc) is 2.73. The standard InChI is InChI=1S/C25H36N2O2/c1-6-25(26(4)5,18-22-8-7-19(2)17-20(22)3)24(28)21-9-11-23(12-10-21)27-13-15-29-16-14-27/h7-12,20H,6,13-18H2,1-5H3. The summed E-state index contributed by atoms with van der Waals surface area (Å²) in [6, 6.07) is 8.18. The van der Waals surface area contributed by atoms with E-state index in [0.29, 0.717) is 5.92 Å². The van der Waals surface area contributed by atoms with E-state index < -0.39 is 5.54 Å². The highest BCUT2D eigenvalue weighted by Crippen LogP contribution is 2.36. The van der Waals surface area contributed by atoms with Crippen LogP contribution in [0.25, 0.3) is 0 Å². The molecule has 0 aromatic heterocycles. The molecule has 4 heteroatoms. The van der Waals surface area contributed by atoms with Gasteiger partial charge in [-0.15, -0.1) is 0 Å². The number of carbonyl (C=O) groups excluding carboxylic acids is 1. The first kappa shape index (κ1) is 21.8. The zero-order valence-corrected chi connectivity index (χ0v) is 18.7. The molecule has 0 spiro atoms. The van der Waals surface area contributed by atoms with Crippen molar-refractivity contribution in [3.8, 4) is 0 Å². The summed E-state index contributed by atoms with van der Waals surface area (Å²) in [6.45, 7) is 9.94. The van der Waals surface area contributed by atoms with Gasteiger partial charge in [-0.05, 0) is 70.5 Å². The van der Waals surface area contributed by atoms with Gasteiger partial charge in [0.15, 0.2) is 5.78 Å². The van der Waals surface area contributed by atoms with Crippen LogP contribution in [0.1, 0.15) is 50.4 Å². The average molecular weight is 397 g/mol. The number of Topliss-reactive ketones (excluding diaryl/α,β-unsaturated/α-hetero) is 1. The molecule has 2 unspecified atom stereocenters. The SMILES string of the molecule is CCC(CC1=CC=C(C)CC1C)(C(=O)c1ccc(N2CCOCC2)cc1)N(C)C. The number of ketones is 1. The van der Waals surface area contributed by atoms with E-state index in [1.165, 1.54) is 16.8 Å². The van der Waals surface area contributed by atoms with Crippen LogP contribution in [0.4, 0.5) is 5.69 Å². The molecular weight excluding hydrogens is 360 g/mol. The van der Waals surface area contributed by atoms with Crippen molar-refractivity contribution in [3.05, 3.63) is 53.1 Å². The second-order valence-corrected chi connectivity index (χ2v) is 8.79. The lowest BCUT2D eigenvalue weighted by Crippen LogP contribution is -2.51. The number of anilines is 1. The molecular formula is C25H36N2O2. The number of hydrogen-bond acceptors (Lipinski definition) is 4. The normalized spacial score (nSPS) is 22.1. The third-order valence-electron chi connectivity index (χ3n) is 6.71. The number of rotatable bonds is 7. The van der Waals surface area contributed by atoms with Crippen molar-refractivity contribution < 1.29 is 9.53 Å². The van der Waals surface area contributed by atoms with Crippen molar-refractivity contribution >= 4 is 11.5 Å². The van der Waals surface area contributed by atoms with Gasteiger partial charge in [0.05, 0.1) is 18.8 Å². The zero-order chi connectivity index (χ0) is 21.0. The minimum absolute atomic E-state index is 0.220. The lowest BCUT2D eigenvalue weighted by molar-refractivity contribution is 0.0660. The quantitative estimate of drug-likeness (QED) is 0.625. The number of benzene rings is 1. The lowest BCUT2D eigenvalue weighted by atomic mass is 9.75. The van der Waals surface area contributed by atoms with Gasteiger partial charge in [0, 0.05) is 24.3 Å². The minimum atomic E-state index is -0.514. The highest BCUT2D eigenvalue weighted by Gasteiger charge is 2.40. The van der Waals surface area contributed by atoms with Crippen molar-refractivity contribution in [1.82, 2.24) is 4.90 Å². The Balaban J connectivity index is 1.85. The van der Waals surface area contributed by atoms with Crippen LogP contribution in [0.5, 0.6) is 0 Å². The summed E-state index contributed by atoms with van der Waals surface area (Å²) >= 11 is 0. The smallest absolute Gasteiger partial charge is 0.183 e. The molecule has 1 aromatic rings. The van der Waals surface area contributed by atoms with Crippen LogP contribution in [0.15, 0.2) is 47.6 Å². The summed E-state index contributed by atoms with van der Waals surface area (Å²) in [5.41, 5.74) is 4.25. The Hall–Kier alpha value is -1.91. The maximum absolute atomic E-state index is 13.8. The molecule has 1 fully saturated rings. The van der Waals surface area contributed by atoms with Gasteiger partial charge in [0.25, 0.3) is 0 Å². The number of hydrogen-bond donors (Lipinski definition) is 0. The Morgan fingerprint density at radius 2 is 1.83 bits per heavy atom. The fourth-order valence-electron chi connectivity index (χ4n) is 4.62. The number of morpholine rings is 1. The van der Waals surface area contributed by atoms with Gasteiger partial charge in [-0.2, -0.15) is 0 Å². The first-order chi connectivity index (χ1) is 13.9. The summed E-state index contributed by atoms with van der Waals surface area (Å²) in [6.07, 6.45) is 7.11. The van der Waals surface area contributed by atoms with Crippen molar-refractivity contribution in [2.75, 3.05) is 45.3 Å². The van der Waals surface area contributed by atoms with E-state index in [-0.39, 0.29) is 5.78 Å². The van der Waals surface area contributed by atoms with E-state index in [4.69, 9.17) is 4.74 Å². The van der Waals surface area contributed by atoms with E-state index in [9.17, 15) is 4.79 Å². The van der Waals surface area contributed by atoms with Crippen LogP contribution in [-0.2, 0) is 4.74 Å². The van der Waals surface area contributed by atoms with Crippen LogP contribution in [0.3, 0.4) is 0 Å². The van der Waals surface area contributed by atoms with Gasteiger partial charge in [0.1, 0.15) is 0 Å². The molecule has 29 heavy (non-hydrogen) atoms. The first-order valence-electron chi connectivity index (χ1n) is 10.9. The molecule has 0 N–H and O–H groups in total. The molecule has 158 valence electrons. The molecule has 2 aliphatic rings. The maximum Gasteiger partial charge on any atom is 0.183 e. The van der Waals surface area contributed by atoms with Gasteiger partial charge in [-0.25, -0.2) is 0 Å². The predicted octanol–water partition coefficient (Wildman–Crippen LogP) is 4.72. The van der Waals surface area contributed by atoms with Crippen LogP contribution in [-0.4, -0.2) is 56.6 Å². The Morgan fingerprint density at radius 3 is 2.38 bits per heavy atom. The van der Waals surface area contributed by atoms with Crippen molar-refractivity contribution in [2.24, 2.45) is 5.92 Å². The molecule has 1 heterocycles. The molecule has 1 saturated heterocycles. The highest BCUT2D eigenvalue weighted by molar-refractivity contribution is 6.03. The Morgan fingerprint density at radius 1 is 1.17 bits per heavy atom. The summed E-state index contributed by atoms with van der Waals surface area (Å²) in [5.74, 6) is 0.709. The van der Waals surface area contributed by atoms with Gasteiger partial charge in [0.2, 0.25) is 0 Å². The predicted molar refractivity (Wildman–Crippen MR) is 121 cm³/mol. The molecule has 2 atom stereocenters. The van der Waals surface area contributed by atoms with Gasteiger partial charge >= 0.3 is 0 Å². The number of carbonyl (C=O) groups is 1. The fraction of sp³-hybridized carbons (Fsp3) is 0.560. The third-order valence-corrected chi connectivity index (χ3v) is 6.71. The minimum Gasteiger partial charge on any atom is -0.378 e. The monoisotopic (exact) mass is 396 g/mol. The van der Waals surface area contributed by atoms with E-state index >= 15 is 0 Å². The van der Waals surface area contributed by atoms with Crippen molar-refractivity contribution in [2.45, 2.75) is 45.6 Å². The Labute approximate surface area is 176 Å². The van der Waals surface area contributed by atoms with Crippen molar-refractivity contribution in [1.29, 1.82) is 0 Å². The zero-order valence-electron chi connectivity index (χ0n) is 18.7. The summed E-state index contributed by atoms with van der Waals surface area (Å²) in [5, 5.41) is 0. The second-order valence-electron chi connectivity index (χ2n) is 8.79. The molecule has 1 aromatic carbocycles. The van der Waals surface area contributed by atoms with Gasteiger partial charge < -0.3 is 9.64 Å². The van der Waals surface area contributed by atoms with Crippen LogP contribution >= 0.6 is 0 Å². The van der Waals surface area contributed by atoms with Crippen LogP contribution < -0.4 is 4.90 Å². The molecule has 0 saturated carbocycles. The Bertz CT molecular complexity index is 773. The lowest BCUT2D eigenvalue weighted by Gasteiger charge is -2.40. The topological polar surface area (TPSA) is 32.8 Å². The summed E-state index contributed by atoms with van der Waals surface area (Å²) in [7, 11) is 4.08. The summed E-state index contributed by atoms with van der Waals surface area (Å²) in [4.78, 5) is 18.2. The van der Waals surface area contributed by atoms with E-state index in [1.54, 1.807) is 0 Å². The van der Waals surface area contributed by atoms with E-state index in [1.807, 2.05) is 26.2 Å². The molecule has 1 aliphatic heterocycles. The van der Waals surface area contributed by atoms with E-state index in [0.717, 1.165) is 51.1 Å². The first-order valence-corrected chi connectivity index (χ1v) is 10.9. The molecule has 1 aliphatic carbocycles. The van der Waals surface area contributed by atoms with Crippen LogP contribution in [0.2, 0.25) is 0 Å². The number of ether oxygens (including phenoxy) is 1. The highest BCUT2D eigenvalue weighted by atomic mass is 16.5. The van der Waals surface area contributed by atoms with E-state index in [2.05, 4.69) is 54.9 Å². The molecule has 0 amide bonds. The Kier molecular flexibility index (Phi) is 6.97. The number of likely N-dealkylation sites (N-methyl/N-ethyl adjacent to an activating group) is 1. The van der Waals surface area contributed by atoms with Crippen LogP contribution in [0, 0.1) is 5.92 Å². The molecule has 4 nitrogen and oxygen atoms in total. The van der Waals surface area contributed by atoms with Crippen molar-refractivity contribution in [3.63, 3.8) is 0 Å². The molecule has 3 rings (SSSR count). The van der Waals surface area contributed by atoms with Gasteiger partial charge in [-0.1, -0.05) is 37.1 Å².